The molecule has 4 nitrogen and oxygen atoms in total. The molecular formula is C12H12BrFN2O2S2. The molecule has 0 atom stereocenters. The third-order valence-electron chi connectivity index (χ3n) is 2.65. The highest BCUT2D eigenvalue weighted by Gasteiger charge is 2.18. The maximum Gasteiger partial charge on any atom is 0.262 e. The standard InChI is InChI=1S/C12H12BrFN2O2S2/c1-7-2-11(14)10(13)4-12(7)16-20(17,18)9-3-8(5-15)19-6-9/h2-4,6,16H,5,15H2,1H3. The summed E-state index contributed by atoms with van der Waals surface area (Å²) in [5, 5.41) is 1.53. The number of hydrogen-bond donors (Lipinski definition) is 2. The van der Waals surface area contributed by atoms with Gasteiger partial charge in [0, 0.05) is 16.8 Å². The zero-order chi connectivity index (χ0) is 14.9. The second-order valence-electron chi connectivity index (χ2n) is 4.14. The van der Waals surface area contributed by atoms with Gasteiger partial charge in [-0.15, -0.1) is 11.3 Å². The molecule has 108 valence electrons. The fraction of sp³-hybridized carbons (Fsp3) is 0.167. The van der Waals surface area contributed by atoms with Gasteiger partial charge in [0.05, 0.1) is 15.1 Å². The summed E-state index contributed by atoms with van der Waals surface area (Å²) in [5.41, 5.74) is 6.30. The van der Waals surface area contributed by atoms with E-state index in [9.17, 15) is 12.8 Å². The van der Waals surface area contributed by atoms with Crippen LogP contribution in [0.2, 0.25) is 0 Å². The molecule has 20 heavy (non-hydrogen) atoms. The number of nitrogens with two attached hydrogens (primary N) is 1. The summed E-state index contributed by atoms with van der Waals surface area (Å²) in [4.78, 5) is 0.935. The highest BCUT2D eigenvalue weighted by atomic mass is 79.9. The predicted octanol–water partition coefficient (Wildman–Crippen LogP) is 3.22. The van der Waals surface area contributed by atoms with Crippen LogP contribution in [0.5, 0.6) is 0 Å². The van der Waals surface area contributed by atoms with Crippen LogP contribution in [0.1, 0.15) is 10.4 Å². The van der Waals surface area contributed by atoms with Crippen molar-refractivity contribution in [2.24, 2.45) is 5.73 Å². The average Bonchev–Trinajstić information content (AvgIpc) is 2.85. The highest BCUT2D eigenvalue weighted by Crippen LogP contribution is 2.27. The first-order valence-corrected chi connectivity index (χ1v) is 8.75. The van der Waals surface area contributed by atoms with E-state index < -0.39 is 15.8 Å². The summed E-state index contributed by atoms with van der Waals surface area (Å²) >= 11 is 4.32. The molecule has 3 N–H and O–H groups in total. The quantitative estimate of drug-likeness (QED) is 0.857. The van der Waals surface area contributed by atoms with E-state index in [4.69, 9.17) is 5.73 Å². The SMILES string of the molecule is Cc1cc(F)c(Br)cc1NS(=O)(=O)c1csc(CN)c1. The lowest BCUT2D eigenvalue weighted by atomic mass is 10.2. The summed E-state index contributed by atoms with van der Waals surface area (Å²) in [6, 6.07) is 4.19. The van der Waals surface area contributed by atoms with Crippen molar-refractivity contribution in [3.05, 3.63) is 44.3 Å². The van der Waals surface area contributed by atoms with Gasteiger partial charge in [-0.25, -0.2) is 12.8 Å². The smallest absolute Gasteiger partial charge is 0.262 e. The lowest BCUT2D eigenvalue weighted by molar-refractivity contribution is 0.601. The molecule has 0 fully saturated rings. The van der Waals surface area contributed by atoms with Gasteiger partial charge >= 0.3 is 0 Å². The molecule has 1 aromatic carbocycles. The summed E-state index contributed by atoms with van der Waals surface area (Å²) in [6.45, 7) is 1.92. The van der Waals surface area contributed by atoms with Gasteiger partial charge in [-0.2, -0.15) is 0 Å². The molecule has 0 unspecified atom stereocenters. The second-order valence-corrected chi connectivity index (χ2v) is 7.67. The Hall–Kier alpha value is -0.960. The van der Waals surface area contributed by atoms with Crippen molar-refractivity contribution in [1.29, 1.82) is 0 Å². The third-order valence-corrected chi connectivity index (χ3v) is 5.71. The first-order chi connectivity index (χ1) is 9.33. The van der Waals surface area contributed by atoms with Gasteiger partial charge < -0.3 is 5.73 Å². The molecule has 0 aliphatic rings. The van der Waals surface area contributed by atoms with Gasteiger partial charge in [0.25, 0.3) is 10.0 Å². The van der Waals surface area contributed by atoms with Crippen molar-refractivity contribution in [2.75, 3.05) is 4.72 Å². The average molecular weight is 379 g/mol. The fourth-order valence-electron chi connectivity index (χ4n) is 1.57. The fourth-order valence-corrected chi connectivity index (χ4v) is 4.19. The number of hydrogen-bond acceptors (Lipinski definition) is 4. The number of rotatable bonds is 4. The molecule has 2 rings (SSSR count). The molecule has 8 heteroatoms. The van der Waals surface area contributed by atoms with Crippen LogP contribution < -0.4 is 10.5 Å². The van der Waals surface area contributed by atoms with Crippen molar-refractivity contribution in [3.8, 4) is 0 Å². The number of halogens is 2. The maximum atomic E-state index is 13.3. The van der Waals surface area contributed by atoms with Crippen LogP contribution >= 0.6 is 27.3 Å². The number of benzene rings is 1. The summed E-state index contributed by atoms with van der Waals surface area (Å²) in [7, 11) is -3.69. The van der Waals surface area contributed by atoms with Crippen molar-refractivity contribution >= 4 is 43.0 Å². The Morgan fingerprint density at radius 3 is 2.70 bits per heavy atom. The molecule has 0 saturated heterocycles. The molecular weight excluding hydrogens is 367 g/mol. The van der Waals surface area contributed by atoms with E-state index in [-0.39, 0.29) is 9.37 Å². The first kappa shape index (κ1) is 15.4. The van der Waals surface area contributed by atoms with Gasteiger partial charge in [-0.1, -0.05) is 0 Å². The monoisotopic (exact) mass is 378 g/mol. The first-order valence-electron chi connectivity index (χ1n) is 5.59. The van der Waals surface area contributed by atoms with Crippen LogP contribution in [0.4, 0.5) is 10.1 Å². The van der Waals surface area contributed by atoms with E-state index in [1.54, 1.807) is 6.92 Å². The second kappa shape index (κ2) is 5.80. The Bertz CT molecular complexity index is 744. The summed E-state index contributed by atoms with van der Waals surface area (Å²) in [5.74, 6) is -0.439. The van der Waals surface area contributed by atoms with Crippen LogP contribution in [-0.2, 0) is 16.6 Å². The zero-order valence-electron chi connectivity index (χ0n) is 10.5. The van der Waals surface area contributed by atoms with Crippen molar-refractivity contribution in [1.82, 2.24) is 0 Å². The third kappa shape index (κ3) is 3.20. The molecule has 0 radical (unpaired) electrons. The molecule has 0 aliphatic heterocycles. The minimum Gasteiger partial charge on any atom is -0.326 e. The van der Waals surface area contributed by atoms with Gasteiger partial charge in [0.2, 0.25) is 0 Å². The van der Waals surface area contributed by atoms with Crippen LogP contribution in [0.3, 0.4) is 0 Å². The molecule has 0 aliphatic carbocycles. The minimum atomic E-state index is -3.69. The minimum absolute atomic E-state index is 0.155. The van der Waals surface area contributed by atoms with E-state index in [1.807, 2.05) is 0 Å². The van der Waals surface area contributed by atoms with Gasteiger partial charge in [-0.3, -0.25) is 4.72 Å². The van der Waals surface area contributed by atoms with E-state index >= 15 is 0 Å². The molecule has 1 heterocycles. The van der Waals surface area contributed by atoms with Gasteiger partial charge in [0.15, 0.2) is 0 Å². The number of nitrogens with one attached hydrogen (secondary N) is 1. The molecule has 0 bridgehead atoms. The van der Waals surface area contributed by atoms with Crippen molar-refractivity contribution in [2.45, 2.75) is 18.4 Å². The normalized spacial score (nSPS) is 11.6. The van der Waals surface area contributed by atoms with Crippen LogP contribution in [0, 0.1) is 12.7 Å². The van der Waals surface area contributed by atoms with Crippen molar-refractivity contribution < 1.29 is 12.8 Å². The van der Waals surface area contributed by atoms with E-state index in [1.165, 1.54) is 34.9 Å². The Morgan fingerprint density at radius 2 is 2.10 bits per heavy atom. The van der Waals surface area contributed by atoms with Gasteiger partial charge in [0.1, 0.15) is 5.82 Å². The van der Waals surface area contributed by atoms with E-state index in [0.29, 0.717) is 17.8 Å². The molecule has 2 aromatic rings. The van der Waals surface area contributed by atoms with E-state index in [2.05, 4.69) is 20.7 Å². The number of thiophene rings is 1. The number of aryl methyl sites for hydroxylation is 1. The molecule has 1 aromatic heterocycles. The largest absolute Gasteiger partial charge is 0.326 e. The predicted molar refractivity (Wildman–Crippen MR) is 81.9 cm³/mol. The van der Waals surface area contributed by atoms with Crippen LogP contribution in [0.25, 0.3) is 0 Å². The summed E-state index contributed by atoms with van der Waals surface area (Å²) in [6.07, 6.45) is 0. The molecule has 0 spiro atoms. The van der Waals surface area contributed by atoms with Crippen molar-refractivity contribution in [3.63, 3.8) is 0 Å². The lowest BCUT2D eigenvalue weighted by Crippen LogP contribution is -2.13. The Balaban J connectivity index is 2.35. The number of sulfonamides is 1. The van der Waals surface area contributed by atoms with Gasteiger partial charge in [-0.05, 0) is 46.6 Å². The topological polar surface area (TPSA) is 72.2 Å². The molecule has 0 saturated carbocycles. The Kier molecular flexibility index (Phi) is 4.48. The zero-order valence-corrected chi connectivity index (χ0v) is 13.7. The number of anilines is 1. The highest BCUT2D eigenvalue weighted by molar-refractivity contribution is 9.10. The molecule has 0 amide bonds. The lowest BCUT2D eigenvalue weighted by Gasteiger charge is -2.10. The Labute approximate surface area is 129 Å². The van der Waals surface area contributed by atoms with E-state index in [0.717, 1.165) is 4.88 Å². The van der Waals surface area contributed by atoms with Crippen LogP contribution in [-0.4, -0.2) is 8.42 Å². The summed E-state index contributed by atoms with van der Waals surface area (Å²) < 4.78 is 40.4. The van der Waals surface area contributed by atoms with Crippen LogP contribution in [0.15, 0.2) is 32.9 Å². The Morgan fingerprint density at radius 1 is 1.40 bits per heavy atom. The maximum absolute atomic E-state index is 13.3.